The van der Waals surface area contributed by atoms with Crippen molar-refractivity contribution >= 4 is 5.91 Å². The average Bonchev–Trinajstić information content (AvgIpc) is 2.96. The fraction of sp³-hybridized carbons (Fsp3) is 0.333. The molecule has 0 saturated heterocycles. The van der Waals surface area contributed by atoms with Crippen LogP contribution in [0, 0.1) is 0 Å². The molecule has 5 nitrogen and oxygen atoms in total. The maximum atomic E-state index is 11.9. The number of rotatable bonds is 4. The summed E-state index contributed by atoms with van der Waals surface area (Å²) in [7, 11) is 0. The number of aromatic amines is 1. The normalized spacial score (nSPS) is 17.3. The summed E-state index contributed by atoms with van der Waals surface area (Å²) < 4.78 is 5.44. The number of carbonyl (C=O) groups is 1. The van der Waals surface area contributed by atoms with Crippen molar-refractivity contribution in [3.8, 4) is 5.75 Å². The molecule has 5 heteroatoms. The van der Waals surface area contributed by atoms with Crippen LogP contribution in [0.15, 0.2) is 36.5 Å². The summed E-state index contributed by atoms with van der Waals surface area (Å²) >= 11 is 0. The Labute approximate surface area is 117 Å². The number of amides is 1. The second-order valence-electron chi connectivity index (χ2n) is 4.92. The Morgan fingerprint density at radius 3 is 3.10 bits per heavy atom. The Bertz CT molecular complexity index is 580. The SMILES string of the molecule is O=C(COc1ccccc1)N[C@H]1CCCc2cn[nH]c21. The molecule has 104 valence electrons. The van der Waals surface area contributed by atoms with Crippen LogP contribution >= 0.6 is 0 Å². The van der Waals surface area contributed by atoms with Crippen molar-refractivity contribution in [3.05, 3.63) is 47.8 Å². The van der Waals surface area contributed by atoms with Crippen molar-refractivity contribution in [2.24, 2.45) is 0 Å². The number of aromatic nitrogens is 2. The second-order valence-corrected chi connectivity index (χ2v) is 4.92. The van der Waals surface area contributed by atoms with Gasteiger partial charge in [0.1, 0.15) is 5.75 Å². The maximum absolute atomic E-state index is 11.9. The van der Waals surface area contributed by atoms with Gasteiger partial charge in [-0.2, -0.15) is 5.10 Å². The lowest BCUT2D eigenvalue weighted by Gasteiger charge is -2.22. The topological polar surface area (TPSA) is 67.0 Å². The highest BCUT2D eigenvalue weighted by atomic mass is 16.5. The van der Waals surface area contributed by atoms with Crippen molar-refractivity contribution in [1.82, 2.24) is 15.5 Å². The minimum Gasteiger partial charge on any atom is -0.484 e. The van der Waals surface area contributed by atoms with Gasteiger partial charge in [-0.05, 0) is 37.0 Å². The molecule has 1 atom stereocenters. The van der Waals surface area contributed by atoms with Crippen molar-refractivity contribution in [2.75, 3.05) is 6.61 Å². The predicted octanol–water partition coefficient (Wildman–Crippen LogP) is 1.98. The molecule has 0 aliphatic heterocycles. The Balaban J connectivity index is 1.55. The van der Waals surface area contributed by atoms with E-state index in [1.165, 1.54) is 5.56 Å². The molecule has 1 aromatic carbocycles. The van der Waals surface area contributed by atoms with Gasteiger partial charge in [0, 0.05) is 0 Å². The predicted molar refractivity (Wildman–Crippen MR) is 74.3 cm³/mol. The minimum atomic E-state index is -0.110. The monoisotopic (exact) mass is 271 g/mol. The molecule has 20 heavy (non-hydrogen) atoms. The number of aryl methyl sites for hydroxylation is 1. The van der Waals surface area contributed by atoms with E-state index in [-0.39, 0.29) is 18.6 Å². The summed E-state index contributed by atoms with van der Waals surface area (Å²) in [5.74, 6) is 0.592. The molecule has 1 aromatic heterocycles. The van der Waals surface area contributed by atoms with E-state index in [2.05, 4.69) is 15.5 Å². The number of nitrogens with zero attached hydrogens (tertiary/aromatic N) is 1. The van der Waals surface area contributed by atoms with Crippen LogP contribution in [0.25, 0.3) is 0 Å². The number of nitrogens with one attached hydrogen (secondary N) is 2. The van der Waals surface area contributed by atoms with E-state index in [0.29, 0.717) is 5.75 Å². The standard InChI is InChI=1S/C15H17N3O2/c19-14(10-20-12-6-2-1-3-7-12)17-13-8-4-5-11-9-16-18-15(11)13/h1-3,6-7,9,13H,4-5,8,10H2,(H,16,18)(H,17,19)/t13-/m0/s1. The molecule has 0 saturated carbocycles. The molecule has 1 heterocycles. The zero-order chi connectivity index (χ0) is 13.8. The van der Waals surface area contributed by atoms with Gasteiger partial charge in [-0.1, -0.05) is 18.2 Å². The number of hydrogen-bond donors (Lipinski definition) is 2. The molecule has 0 unspecified atom stereocenters. The highest BCUT2D eigenvalue weighted by Crippen LogP contribution is 2.27. The third kappa shape index (κ3) is 2.82. The highest BCUT2D eigenvalue weighted by molar-refractivity contribution is 5.78. The van der Waals surface area contributed by atoms with E-state index >= 15 is 0 Å². The molecule has 0 fully saturated rings. The van der Waals surface area contributed by atoms with Crippen LogP contribution in [0.2, 0.25) is 0 Å². The van der Waals surface area contributed by atoms with Crippen LogP contribution in [0.1, 0.15) is 30.1 Å². The number of para-hydroxylation sites is 1. The largest absolute Gasteiger partial charge is 0.484 e. The molecule has 2 N–H and O–H groups in total. The van der Waals surface area contributed by atoms with Crippen LogP contribution < -0.4 is 10.1 Å². The number of carbonyl (C=O) groups excluding carboxylic acids is 1. The smallest absolute Gasteiger partial charge is 0.258 e. The van der Waals surface area contributed by atoms with Gasteiger partial charge in [0.05, 0.1) is 17.9 Å². The van der Waals surface area contributed by atoms with Gasteiger partial charge in [-0.3, -0.25) is 9.89 Å². The fourth-order valence-electron chi connectivity index (χ4n) is 2.51. The number of hydrogen-bond acceptors (Lipinski definition) is 3. The number of ether oxygens (including phenoxy) is 1. The third-order valence-electron chi connectivity index (χ3n) is 3.49. The van der Waals surface area contributed by atoms with E-state index in [1.54, 1.807) is 0 Å². The van der Waals surface area contributed by atoms with E-state index < -0.39 is 0 Å². The van der Waals surface area contributed by atoms with Gasteiger partial charge in [-0.25, -0.2) is 0 Å². The highest BCUT2D eigenvalue weighted by Gasteiger charge is 2.23. The van der Waals surface area contributed by atoms with E-state index in [4.69, 9.17) is 4.74 Å². The molecule has 1 aliphatic rings. The molecular formula is C15H17N3O2. The zero-order valence-electron chi connectivity index (χ0n) is 11.1. The zero-order valence-corrected chi connectivity index (χ0v) is 11.1. The van der Waals surface area contributed by atoms with Crippen LogP contribution in [-0.2, 0) is 11.2 Å². The van der Waals surface area contributed by atoms with Gasteiger partial charge in [0.25, 0.3) is 5.91 Å². The molecule has 1 amide bonds. The Kier molecular flexibility index (Phi) is 3.67. The second kappa shape index (κ2) is 5.77. The molecular weight excluding hydrogens is 254 g/mol. The lowest BCUT2D eigenvalue weighted by Crippen LogP contribution is -2.34. The first-order chi connectivity index (χ1) is 9.83. The number of H-pyrrole nitrogens is 1. The van der Waals surface area contributed by atoms with Crippen molar-refractivity contribution < 1.29 is 9.53 Å². The van der Waals surface area contributed by atoms with Gasteiger partial charge >= 0.3 is 0 Å². The summed E-state index contributed by atoms with van der Waals surface area (Å²) in [6.45, 7) is 0.0317. The van der Waals surface area contributed by atoms with E-state index in [9.17, 15) is 4.79 Å². The fourth-order valence-corrected chi connectivity index (χ4v) is 2.51. The van der Waals surface area contributed by atoms with Gasteiger partial charge in [-0.15, -0.1) is 0 Å². The average molecular weight is 271 g/mol. The molecule has 0 spiro atoms. The minimum absolute atomic E-state index is 0.0214. The summed E-state index contributed by atoms with van der Waals surface area (Å²) in [6.07, 6.45) is 4.87. The molecule has 0 radical (unpaired) electrons. The first kappa shape index (κ1) is 12.7. The van der Waals surface area contributed by atoms with Crippen molar-refractivity contribution in [2.45, 2.75) is 25.3 Å². The first-order valence-corrected chi connectivity index (χ1v) is 6.82. The Hall–Kier alpha value is -2.30. The molecule has 0 bridgehead atoms. The van der Waals surface area contributed by atoms with Crippen LogP contribution in [0.5, 0.6) is 5.75 Å². The summed E-state index contributed by atoms with van der Waals surface area (Å²) in [6, 6.07) is 9.36. The molecule has 2 aromatic rings. The Morgan fingerprint density at radius 2 is 2.25 bits per heavy atom. The number of fused-ring (bicyclic) bond motifs is 1. The number of benzene rings is 1. The van der Waals surface area contributed by atoms with Gasteiger partial charge in [0.2, 0.25) is 0 Å². The third-order valence-corrected chi connectivity index (χ3v) is 3.49. The van der Waals surface area contributed by atoms with E-state index in [1.807, 2.05) is 36.5 Å². The van der Waals surface area contributed by atoms with Crippen LogP contribution in [-0.4, -0.2) is 22.7 Å². The van der Waals surface area contributed by atoms with Crippen LogP contribution in [0.4, 0.5) is 0 Å². The molecule has 1 aliphatic carbocycles. The van der Waals surface area contributed by atoms with Gasteiger partial charge in [0.15, 0.2) is 6.61 Å². The summed E-state index contributed by atoms with van der Waals surface area (Å²) in [5, 5.41) is 10.0. The molecule has 3 rings (SSSR count). The van der Waals surface area contributed by atoms with Gasteiger partial charge < -0.3 is 10.1 Å². The quantitative estimate of drug-likeness (QED) is 0.893. The van der Waals surface area contributed by atoms with Crippen LogP contribution in [0.3, 0.4) is 0 Å². The Morgan fingerprint density at radius 1 is 1.40 bits per heavy atom. The lowest BCUT2D eigenvalue weighted by molar-refractivity contribution is -0.124. The van der Waals surface area contributed by atoms with Crippen molar-refractivity contribution in [3.63, 3.8) is 0 Å². The van der Waals surface area contributed by atoms with Crippen molar-refractivity contribution in [1.29, 1.82) is 0 Å². The maximum Gasteiger partial charge on any atom is 0.258 e. The summed E-state index contributed by atoms with van der Waals surface area (Å²) in [5.41, 5.74) is 2.23. The van der Waals surface area contributed by atoms with E-state index in [0.717, 1.165) is 25.0 Å². The lowest BCUT2D eigenvalue weighted by atomic mass is 9.94. The summed E-state index contributed by atoms with van der Waals surface area (Å²) in [4.78, 5) is 11.9. The first-order valence-electron chi connectivity index (χ1n) is 6.82.